The Labute approximate surface area is 170 Å². The van der Waals surface area contributed by atoms with Crippen LogP contribution in [0.3, 0.4) is 0 Å². The van der Waals surface area contributed by atoms with Crippen molar-refractivity contribution in [1.29, 1.82) is 0 Å². The number of nitrogens with one attached hydrogen (secondary N) is 2. The van der Waals surface area contributed by atoms with E-state index in [0.717, 1.165) is 4.88 Å². The number of hydrogen-bond acceptors (Lipinski definition) is 5. The van der Waals surface area contributed by atoms with Gasteiger partial charge >= 0.3 is 0 Å². The fourth-order valence-corrected chi connectivity index (χ4v) is 5.74. The Kier molecular flexibility index (Phi) is 7.06. The van der Waals surface area contributed by atoms with E-state index in [4.69, 9.17) is 4.74 Å². The molecule has 152 valence electrons. The molecule has 2 heterocycles. The second-order valence-corrected chi connectivity index (χ2v) is 9.78. The summed E-state index contributed by atoms with van der Waals surface area (Å²) < 4.78 is 32.5. The van der Waals surface area contributed by atoms with Gasteiger partial charge in [0.1, 0.15) is 4.21 Å². The van der Waals surface area contributed by atoms with Gasteiger partial charge in [-0.2, -0.15) is 4.31 Å². The summed E-state index contributed by atoms with van der Waals surface area (Å²) in [6.07, 6.45) is 0. The highest BCUT2D eigenvalue weighted by atomic mass is 32.2. The van der Waals surface area contributed by atoms with Crippen LogP contribution >= 0.6 is 11.3 Å². The molecule has 0 aliphatic carbocycles. The van der Waals surface area contributed by atoms with Gasteiger partial charge in [0, 0.05) is 31.6 Å². The SMILES string of the molecule is CN=C(NCc1ccc(S(=O)(=O)N2CCOCC2)s1)NCc1ccccc1C. The van der Waals surface area contributed by atoms with Gasteiger partial charge in [0.15, 0.2) is 5.96 Å². The van der Waals surface area contributed by atoms with E-state index in [2.05, 4.69) is 34.7 Å². The second-order valence-electron chi connectivity index (χ2n) is 6.44. The smallest absolute Gasteiger partial charge is 0.252 e. The van der Waals surface area contributed by atoms with Crippen molar-refractivity contribution in [3.63, 3.8) is 0 Å². The van der Waals surface area contributed by atoms with E-state index in [1.165, 1.54) is 26.8 Å². The summed E-state index contributed by atoms with van der Waals surface area (Å²) in [5.41, 5.74) is 2.43. The topological polar surface area (TPSA) is 83.0 Å². The Balaban J connectivity index is 1.56. The predicted octanol–water partition coefficient (Wildman–Crippen LogP) is 1.94. The zero-order chi connectivity index (χ0) is 20.0. The van der Waals surface area contributed by atoms with Gasteiger partial charge in [0.25, 0.3) is 10.0 Å². The van der Waals surface area contributed by atoms with Crippen molar-refractivity contribution in [3.8, 4) is 0 Å². The van der Waals surface area contributed by atoms with Gasteiger partial charge in [-0.25, -0.2) is 8.42 Å². The molecule has 1 saturated heterocycles. The van der Waals surface area contributed by atoms with Crippen LogP contribution in [0.2, 0.25) is 0 Å². The van der Waals surface area contributed by atoms with E-state index in [0.29, 0.717) is 49.6 Å². The molecule has 0 amide bonds. The summed E-state index contributed by atoms with van der Waals surface area (Å²) in [6.45, 7) is 4.97. The van der Waals surface area contributed by atoms with Crippen LogP contribution in [0.25, 0.3) is 0 Å². The number of nitrogens with zero attached hydrogens (tertiary/aromatic N) is 2. The summed E-state index contributed by atoms with van der Waals surface area (Å²) in [4.78, 5) is 5.17. The molecule has 2 N–H and O–H groups in total. The third kappa shape index (κ3) is 5.11. The van der Waals surface area contributed by atoms with Crippen molar-refractivity contribution >= 4 is 27.3 Å². The molecule has 9 heteroatoms. The van der Waals surface area contributed by atoms with Crippen LogP contribution < -0.4 is 10.6 Å². The summed E-state index contributed by atoms with van der Waals surface area (Å²) in [5, 5.41) is 6.53. The number of guanidine groups is 1. The van der Waals surface area contributed by atoms with Crippen molar-refractivity contribution in [3.05, 3.63) is 52.4 Å². The minimum atomic E-state index is -3.44. The maximum Gasteiger partial charge on any atom is 0.252 e. The molecule has 0 radical (unpaired) electrons. The third-order valence-electron chi connectivity index (χ3n) is 4.56. The number of hydrogen-bond donors (Lipinski definition) is 2. The first-order valence-corrected chi connectivity index (χ1v) is 11.4. The summed E-state index contributed by atoms with van der Waals surface area (Å²) in [6, 6.07) is 11.7. The molecular formula is C19H26N4O3S2. The van der Waals surface area contributed by atoms with E-state index >= 15 is 0 Å². The quantitative estimate of drug-likeness (QED) is 0.549. The molecule has 7 nitrogen and oxygen atoms in total. The number of rotatable bonds is 6. The Bertz CT molecular complexity index is 919. The van der Waals surface area contributed by atoms with Crippen molar-refractivity contribution < 1.29 is 13.2 Å². The first-order valence-electron chi connectivity index (χ1n) is 9.16. The molecule has 0 saturated carbocycles. The van der Waals surface area contributed by atoms with Crippen LogP contribution in [0, 0.1) is 6.92 Å². The van der Waals surface area contributed by atoms with Crippen LogP contribution in [-0.2, 0) is 27.8 Å². The van der Waals surface area contributed by atoms with Gasteiger partial charge < -0.3 is 15.4 Å². The van der Waals surface area contributed by atoms with Gasteiger partial charge in [-0.15, -0.1) is 11.3 Å². The zero-order valence-corrected chi connectivity index (χ0v) is 17.8. The minimum Gasteiger partial charge on any atom is -0.379 e. The van der Waals surface area contributed by atoms with Gasteiger partial charge in [0.2, 0.25) is 0 Å². The van der Waals surface area contributed by atoms with Gasteiger partial charge in [-0.3, -0.25) is 4.99 Å². The monoisotopic (exact) mass is 422 g/mol. The third-order valence-corrected chi connectivity index (χ3v) is 8.01. The highest BCUT2D eigenvalue weighted by Crippen LogP contribution is 2.25. The lowest BCUT2D eigenvalue weighted by molar-refractivity contribution is 0.0731. The van der Waals surface area contributed by atoms with Gasteiger partial charge in [-0.1, -0.05) is 24.3 Å². The van der Waals surface area contributed by atoms with Gasteiger partial charge in [0.05, 0.1) is 19.8 Å². The molecule has 1 aliphatic heterocycles. The number of ether oxygens (including phenoxy) is 1. The zero-order valence-electron chi connectivity index (χ0n) is 16.1. The van der Waals surface area contributed by atoms with E-state index < -0.39 is 10.0 Å². The highest BCUT2D eigenvalue weighted by molar-refractivity contribution is 7.91. The van der Waals surface area contributed by atoms with E-state index in [-0.39, 0.29) is 0 Å². The fraction of sp³-hybridized carbons (Fsp3) is 0.421. The Hall–Kier alpha value is -1.94. The standard InChI is InChI=1S/C19H26N4O3S2/c1-15-5-3-4-6-16(15)13-21-19(20-2)22-14-17-7-8-18(27-17)28(24,25)23-9-11-26-12-10-23/h3-8H,9-14H2,1-2H3,(H2,20,21,22). The molecule has 2 aromatic rings. The van der Waals surface area contributed by atoms with Crippen molar-refractivity contribution in [2.75, 3.05) is 33.4 Å². The average Bonchev–Trinajstić information content (AvgIpc) is 3.20. The Morgan fingerprint density at radius 2 is 1.86 bits per heavy atom. The van der Waals surface area contributed by atoms with Crippen molar-refractivity contribution in [1.82, 2.24) is 14.9 Å². The Morgan fingerprint density at radius 1 is 1.14 bits per heavy atom. The molecular weight excluding hydrogens is 396 g/mol. The molecule has 0 bridgehead atoms. The Morgan fingerprint density at radius 3 is 2.57 bits per heavy atom. The predicted molar refractivity (Wildman–Crippen MR) is 112 cm³/mol. The molecule has 1 fully saturated rings. The normalized spacial score (nSPS) is 16.1. The lowest BCUT2D eigenvalue weighted by Gasteiger charge is -2.25. The van der Waals surface area contributed by atoms with Crippen LogP contribution in [0.1, 0.15) is 16.0 Å². The fourth-order valence-electron chi connectivity index (χ4n) is 2.88. The van der Waals surface area contributed by atoms with E-state index in [1.54, 1.807) is 13.1 Å². The molecule has 1 aliphatic rings. The average molecular weight is 423 g/mol. The molecule has 3 rings (SSSR count). The summed E-state index contributed by atoms with van der Waals surface area (Å²) >= 11 is 1.29. The molecule has 1 aromatic carbocycles. The summed E-state index contributed by atoms with van der Waals surface area (Å²) in [7, 11) is -1.72. The van der Waals surface area contributed by atoms with Gasteiger partial charge in [-0.05, 0) is 30.2 Å². The number of sulfonamides is 1. The first kappa shape index (κ1) is 20.8. The maximum atomic E-state index is 12.7. The van der Waals surface area contributed by atoms with Crippen molar-refractivity contribution in [2.24, 2.45) is 4.99 Å². The summed E-state index contributed by atoms with van der Waals surface area (Å²) in [5.74, 6) is 0.675. The van der Waals surface area contributed by atoms with Crippen LogP contribution in [0.5, 0.6) is 0 Å². The number of morpholine rings is 1. The highest BCUT2D eigenvalue weighted by Gasteiger charge is 2.27. The molecule has 0 atom stereocenters. The van der Waals surface area contributed by atoms with Crippen molar-refractivity contribution in [2.45, 2.75) is 24.2 Å². The number of thiophene rings is 1. The number of aliphatic imine (C=N–C) groups is 1. The lowest BCUT2D eigenvalue weighted by atomic mass is 10.1. The van der Waals surface area contributed by atoms with Crippen LogP contribution in [0.15, 0.2) is 45.6 Å². The lowest BCUT2D eigenvalue weighted by Crippen LogP contribution is -2.40. The minimum absolute atomic E-state index is 0.369. The van der Waals surface area contributed by atoms with E-state index in [9.17, 15) is 8.42 Å². The molecule has 1 aromatic heterocycles. The first-order chi connectivity index (χ1) is 13.5. The van der Waals surface area contributed by atoms with Crippen LogP contribution in [0.4, 0.5) is 0 Å². The number of aryl methyl sites for hydroxylation is 1. The second kappa shape index (κ2) is 9.51. The maximum absolute atomic E-state index is 12.7. The number of benzene rings is 1. The van der Waals surface area contributed by atoms with E-state index in [1.807, 2.05) is 18.2 Å². The largest absolute Gasteiger partial charge is 0.379 e. The van der Waals surface area contributed by atoms with Crippen LogP contribution in [-0.4, -0.2) is 52.0 Å². The molecule has 0 unspecified atom stereocenters. The molecule has 0 spiro atoms. The molecule has 28 heavy (non-hydrogen) atoms.